The Hall–Kier alpha value is -0.610. The van der Waals surface area contributed by atoms with Crippen LogP contribution in [0.25, 0.3) is 0 Å². The zero-order chi connectivity index (χ0) is 12.9. The van der Waals surface area contributed by atoms with E-state index in [-0.39, 0.29) is 11.3 Å². The first kappa shape index (κ1) is 14.5. The van der Waals surface area contributed by atoms with Gasteiger partial charge in [-0.3, -0.25) is 4.79 Å². The van der Waals surface area contributed by atoms with Crippen molar-refractivity contribution >= 4 is 5.91 Å². The molecule has 0 aromatic carbocycles. The van der Waals surface area contributed by atoms with Gasteiger partial charge in [0.05, 0.1) is 11.0 Å². The molecule has 0 aliphatic carbocycles. The summed E-state index contributed by atoms with van der Waals surface area (Å²) in [5.74, 6) is 0.0842. The number of carbonyl (C=O) groups is 1. The largest absolute Gasteiger partial charge is 0.388 e. The van der Waals surface area contributed by atoms with Crippen LogP contribution in [0.3, 0.4) is 0 Å². The lowest BCUT2D eigenvalue weighted by Gasteiger charge is -2.36. The standard InChI is InChI=1S/C13H26N2O2/c1-4-12(3,17)9-15-11(16)13(5-2)7-6-8-14-10-13/h14,17H,4-10H2,1-3H3,(H,15,16). The SMILES string of the molecule is CCC(C)(O)CNC(=O)C1(CC)CCCNC1. The van der Waals surface area contributed by atoms with E-state index >= 15 is 0 Å². The van der Waals surface area contributed by atoms with Crippen LogP contribution in [0.4, 0.5) is 0 Å². The van der Waals surface area contributed by atoms with Gasteiger partial charge in [0.1, 0.15) is 0 Å². The number of rotatable bonds is 5. The molecule has 1 saturated heterocycles. The predicted octanol–water partition coefficient (Wildman–Crippen LogP) is 1.04. The fraction of sp³-hybridized carbons (Fsp3) is 0.923. The smallest absolute Gasteiger partial charge is 0.227 e. The number of nitrogens with one attached hydrogen (secondary N) is 2. The summed E-state index contributed by atoms with van der Waals surface area (Å²) in [5, 5.41) is 16.1. The number of hydrogen-bond donors (Lipinski definition) is 3. The van der Waals surface area contributed by atoms with Crippen LogP contribution in [-0.2, 0) is 4.79 Å². The van der Waals surface area contributed by atoms with Crippen LogP contribution in [0.1, 0.15) is 46.5 Å². The maximum Gasteiger partial charge on any atom is 0.227 e. The second-order valence-corrected chi connectivity index (χ2v) is 5.45. The van der Waals surface area contributed by atoms with Crippen LogP contribution in [0.5, 0.6) is 0 Å². The molecule has 1 rings (SSSR count). The van der Waals surface area contributed by atoms with Gasteiger partial charge in [0.2, 0.25) is 5.91 Å². The number of piperidine rings is 1. The van der Waals surface area contributed by atoms with Gasteiger partial charge in [-0.05, 0) is 39.2 Å². The van der Waals surface area contributed by atoms with Crippen molar-refractivity contribution in [2.75, 3.05) is 19.6 Å². The molecule has 4 heteroatoms. The van der Waals surface area contributed by atoms with E-state index < -0.39 is 5.60 Å². The highest BCUT2D eigenvalue weighted by Crippen LogP contribution is 2.30. The van der Waals surface area contributed by atoms with Crippen molar-refractivity contribution in [2.24, 2.45) is 5.41 Å². The lowest BCUT2D eigenvalue weighted by atomic mass is 9.77. The molecule has 1 aliphatic heterocycles. The van der Waals surface area contributed by atoms with Crippen molar-refractivity contribution in [3.05, 3.63) is 0 Å². The van der Waals surface area contributed by atoms with Crippen LogP contribution in [0, 0.1) is 5.41 Å². The van der Waals surface area contributed by atoms with Crippen LogP contribution in [-0.4, -0.2) is 36.2 Å². The highest BCUT2D eigenvalue weighted by molar-refractivity contribution is 5.83. The van der Waals surface area contributed by atoms with Gasteiger partial charge in [-0.1, -0.05) is 13.8 Å². The Balaban J connectivity index is 2.55. The highest BCUT2D eigenvalue weighted by atomic mass is 16.3. The summed E-state index contributed by atoms with van der Waals surface area (Å²) >= 11 is 0. The van der Waals surface area contributed by atoms with E-state index in [1.165, 1.54) is 0 Å². The first-order valence-corrected chi connectivity index (χ1v) is 6.67. The third-order valence-electron chi connectivity index (χ3n) is 4.02. The van der Waals surface area contributed by atoms with Crippen LogP contribution >= 0.6 is 0 Å². The predicted molar refractivity (Wildman–Crippen MR) is 68.8 cm³/mol. The molecule has 0 saturated carbocycles. The molecule has 1 aliphatic rings. The highest BCUT2D eigenvalue weighted by Gasteiger charge is 2.38. The first-order valence-electron chi connectivity index (χ1n) is 6.67. The van der Waals surface area contributed by atoms with Gasteiger partial charge >= 0.3 is 0 Å². The molecule has 0 radical (unpaired) electrons. The molecule has 1 heterocycles. The zero-order valence-corrected chi connectivity index (χ0v) is 11.3. The Labute approximate surface area is 104 Å². The van der Waals surface area contributed by atoms with E-state index in [2.05, 4.69) is 17.6 Å². The molecule has 0 bridgehead atoms. The average Bonchev–Trinajstić information content (AvgIpc) is 2.37. The van der Waals surface area contributed by atoms with Gasteiger partial charge in [0.25, 0.3) is 0 Å². The topological polar surface area (TPSA) is 61.4 Å². The molecule has 2 atom stereocenters. The van der Waals surface area contributed by atoms with Crippen molar-refractivity contribution in [3.8, 4) is 0 Å². The van der Waals surface area contributed by atoms with E-state index in [0.717, 1.165) is 32.4 Å². The summed E-state index contributed by atoms with van der Waals surface area (Å²) in [6, 6.07) is 0. The molecule has 1 amide bonds. The molecule has 100 valence electrons. The first-order chi connectivity index (χ1) is 7.96. The second kappa shape index (κ2) is 5.83. The molecule has 0 aromatic rings. The maximum atomic E-state index is 12.3. The Bertz CT molecular complexity index is 258. The summed E-state index contributed by atoms with van der Waals surface area (Å²) < 4.78 is 0. The van der Waals surface area contributed by atoms with Crippen molar-refractivity contribution < 1.29 is 9.90 Å². The number of carbonyl (C=O) groups excluding carboxylic acids is 1. The summed E-state index contributed by atoms with van der Waals surface area (Å²) in [6.45, 7) is 7.83. The quantitative estimate of drug-likeness (QED) is 0.675. The third-order valence-corrected chi connectivity index (χ3v) is 4.02. The molecular weight excluding hydrogens is 216 g/mol. The number of aliphatic hydroxyl groups is 1. The van der Waals surface area contributed by atoms with Gasteiger partial charge in [0, 0.05) is 13.1 Å². The fourth-order valence-corrected chi connectivity index (χ4v) is 2.21. The number of hydrogen-bond acceptors (Lipinski definition) is 3. The molecular formula is C13H26N2O2. The fourth-order valence-electron chi connectivity index (χ4n) is 2.21. The molecule has 0 spiro atoms. The summed E-state index contributed by atoms with van der Waals surface area (Å²) in [6.07, 6.45) is 3.48. The molecule has 0 aromatic heterocycles. The van der Waals surface area contributed by atoms with Gasteiger partial charge in [-0.2, -0.15) is 0 Å². The molecule has 2 unspecified atom stereocenters. The lowest BCUT2D eigenvalue weighted by molar-refractivity contribution is -0.133. The van der Waals surface area contributed by atoms with Gasteiger partial charge in [0.15, 0.2) is 0 Å². The van der Waals surface area contributed by atoms with E-state index in [9.17, 15) is 9.90 Å². The molecule has 1 fully saturated rings. The van der Waals surface area contributed by atoms with E-state index in [0.29, 0.717) is 13.0 Å². The Morgan fingerprint density at radius 1 is 1.53 bits per heavy atom. The average molecular weight is 242 g/mol. The van der Waals surface area contributed by atoms with Crippen molar-refractivity contribution in [2.45, 2.75) is 52.1 Å². The maximum absolute atomic E-state index is 12.3. The summed E-state index contributed by atoms with van der Waals surface area (Å²) in [4.78, 5) is 12.3. The third kappa shape index (κ3) is 3.68. The minimum absolute atomic E-state index is 0.0842. The monoisotopic (exact) mass is 242 g/mol. The normalized spacial score (nSPS) is 28.5. The van der Waals surface area contributed by atoms with Gasteiger partial charge < -0.3 is 15.7 Å². The van der Waals surface area contributed by atoms with Crippen LogP contribution in [0.15, 0.2) is 0 Å². The molecule has 17 heavy (non-hydrogen) atoms. The van der Waals surface area contributed by atoms with E-state index in [1.807, 2.05) is 6.92 Å². The minimum atomic E-state index is -0.799. The molecule has 4 nitrogen and oxygen atoms in total. The Morgan fingerprint density at radius 3 is 2.71 bits per heavy atom. The Kier molecular flexibility index (Phi) is 4.95. The minimum Gasteiger partial charge on any atom is -0.388 e. The Morgan fingerprint density at radius 2 is 2.24 bits per heavy atom. The second-order valence-electron chi connectivity index (χ2n) is 5.45. The summed E-state index contributed by atoms with van der Waals surface area (Å²) in [5.41, 5.74) is -1.07. The van der Waals surface area contributed by atoms with Gasteiger partial charge in [-0.25, -0.2) is 0 Å². The van der Waals surface area contributed by atoms with Crippen molar-refractivity contribution in [1.82, 2.24) is 10.6 Å². The number of amides is 1. The van der Waals surface area contributed by atoms with Crippen LogP contribution < -0.4 is 10.6 Å². The van der Waals surface area contributed by atoms with E-state index in [1.54, 1.807) is 6.92 Å². The molecule has 3 N–H and O–H groups in total. The summed E-state index contributed by atoms with van der Waals surface area (Å²) in [7, 11) is 0. The van der Waals surface area contributed by atoms with Crippen molar-refractivity contribution in [1.29, 1.82) is 0 Å². The zero-order valence-electron chi connectivity index (χ0n) is 11.3. The van der Waals surface area contributed by atoms with Gasteiger partial charge in [-0.15, -0.1) is 0 Å². The van der Waals surface area contributed by atoms with Crippen LogP contribution in [0.2, 0.25) is 0 Å². The van der Waals surface area contributed by atoms with Crippen molar-refractivity contribution in [3.63, 3.8) is 0 Å². The van der Waals surface area contributed by atoms with E-state index in [4.69, 9.17) is 0 Å². The lowest BCUT2D eigenvalue weighted by Crippen LogP contribution is -2.52.